The summed E-state index contributed by atoms with van der Waals surface area (Å²) in [5.41, 5.74) is 1.93. The minimum Gasteiger partial charge on any atom is -0.475 e. The van der Waals surface area contributed by atoms with Crippen LogP contribution in [0.4, 0.5) is 13.2 Å². The molecule has 0 aliphatic carbocycles. The van der Waals surface area contributed by atoms with Gasteiger partial charge in [0.05, 0.1) is 11.7 Å². The number of halogens is 3. The molecular weight excluding hydrogens is 379 g/mol. The summed E-state index contributed by atoms with van der Waals surface area (Å²) in [5.74, 6) is -2.78. The lowest BCUT2D eigenvalue weighted by atomic mass is 10.1. The summed E-state index contributed by atoms with van der Waals surface area (Å²) in [4.78, 5) is 23.3. The highest BCUT2D eigenvalue weighted by Gasteiger charge is 2.38. The average Bonchev–Trinajstić information content (AvgIpc) is 3.22. The lowest BCUT2D eigenvalue weighted by Crippen LogP contribution is -2.37. The predicted octanol–water partition coefficient (Wildman–Crippen LogP) is 1.66. The largest absolute Gasteiger partial charge is 0.490 e. The Morgan fingerprint density at radius 3 is 2.57 bits per heavy atom. The van der Waals surface area contributed by atoms with E-state index < -0.39 is 12.1 Å². The van der Waals surface area contributed by atoms with Crippen molar-refractivity contribution in [3.63, 3.8) is 0 Å². The number of aryl methyl sites for hydroxylation is 1. The van der Waals surface area contributed by atoms with Crippen molar-refractivity contribution in [1.29, 1.82) is 0 Å². The molecule has 0 fully saturated rings. The van der Waals surface area contributed by atoms with Crippen LogP contribution in [0.25, 0.3) is 0 Å². The first kappa shape index (κ1) is 21.5. The molecule has 3 rings (SSSR count). The smallest absolute Gasteiger partial charge is 0.475 e. The number of fused-ring (bicyclic) bond motifs is 1. The zero-order valence-electron chi connectivity index (χ0n) is 15.5. The third-order valence-electron chi connectivity index (χ3n) is 4.23. The summed E-state index contributed by atoms with van der Waals surface area (Å²) in [7, 11) is 3.99. The molecule has 0 bridgehead atoms. The number of hydrogen-bond acceptors (Lipinski definition) is 4. The average molecular weight is 401 g/mol. The molecule has 0 spiro atoms. The van der Waals surface area contributed by atoms with E-state index in [-0.39, 0.29) is 5.91 Å². The number of likely N-dealkylation sites (N-methyl/N-ethyl adjacent to an activating group) is 1. The van der Waals surface area contributed by atoms with Crippen LogP contribution in [-0.4, -0.2) is 62.5 Å². The summed E-state index contributed by atoms with van der Waals surface area (Å²) in [6.07, 6.45) is -0.472. The summed E-state index contributed by atoms with van der Waals surface area (Å²) in [6.45, 7) is 2.56. The van der Waals surface area contributed by atoms with Crippen molar-refractivity contribution in [1.82, 2.24) is 24.6 Å². The molecular formula is C17H22F3N5O3. The molecule has 0 saturated heterocycles. The molecule has 8 nitrogen and oxygen atoms in total. The second-order valence-corrected chi connectivity index (χ2v) is 6.47. The highest BCUT2D eigenvalue weighted by Crippen LogP contribution is 2.21. The minimum atomic E-state index is -5.08. The highest BCUT2D eigenvalue weighted by atomic mass is 19.4. The number of carboxylic acids is 1. The van der Waals surface area contributed by atoms with Crippen molar-refractivity contribution in [3.05, 3.63) is 42.0 Å². The normalized spacial score (nSPS) is 16.7. The van der Waals surface area contributed by atoms with Crippen LogP contribution in [0, 0.1) is 0 Å². The second kappa shape index (κ2) is 8.91. The van der Waals surface area contributed by atoms with Crippen LogP contribution in [0.2, 0.25) is 0 Å². The van der Waals surface area contributed by atoms with E-state index in [1.807, 2.05) is 36.1 Å². The molecule has 0 saturated carbocycles. The minimum absolute atomic E-state index is 0.0210. The highest BCUT2D eigenvalue weighted by molar-refractivity contribution is 5.92. The Hall–Kier alpha value is -2.82. The molecule has 1 aliphatic rings. The van der Waals surface area contributed by atoms with Crippen molar-refractivity contribution < 1.29 is 27.9 Å². The van der Waals surface area contributed by atoms with Crippen molar-refractivity contribution in [2.45, 2.75) is 25.2 Å². The van der Waals surface area contributed by atoms with E-state index in [0.29, 0.717) is 18.3 Å². The van der Waals surface area contributed by atoms with Gasteiger partial charge in [-0.2, -0.15) is 18.3 Å². The quantitative estimate of drug-likeness (QED) is 0.813. The van der Waals surface area contributed by atoms with E-state index >= 15 is 0 Å². The van der Waals surface area contributed by atoms with Gasteiger partial charge in [-0.3, -0.25) is 14.4 Å². The van der Waals surface area contributed by atoms with E-state index in [0.717, 1.165) is 19.5 Å². The van der Waals surface area contributed by atoms with Crippen LogP contribution in [0.15, 0.2) is 30.6 Å². The maximum absolute atomic E-state index is 12.1. The molecule has 0 radical (unpaired) electrons. The van der Waals surface area contributed by atoms with Gasteiger partial charge in [-0.15, -0.1) is 0 Å². The van der Waals surface area contributed by atoms with Gasteiger partial charge in [0.15, 0.2) is 0 Å². The van der Waals surface area contributed by atoms with Gasteiger partial charge in [0.25, 0.3) is 5.91 Å². The zero-order chi connectivity index (χ0) is 20.9. The monoisotopic (exact) mass is 401 g/mol. The lowest BCUT2D eigenvalue weighted by molar-refractivity contribution is -0.192. The Morgan fingerprint density at radius 1 is 1.32 bits per heavy atom. The number of aliphatic carboxylic acids is 1. The Balaban J connectivity index is 0.000000345. The molecule has 3 heterocycles. The number of hydrogen-bond donors (Lipinski definition) is 2. The molecule has 11 heteroatoms. The van der Waals surface area contributed by atoms with Gasteiger partial charge >= 0.3 is 12.1 Å². The number of carbonyl (C=O) groups is 2. The number of amides is 1. The van der Waals surface area contributed by atoms with Gasteiger partial charge in [0.1, 0.15) is 5.69 Å². The molecule has 0 aromatic carbocycles. The van der Waals surface area contributed by atoms with Crippen molar-refractivity contribution in [2.75, 3.05) is 20.1 Å². The molecule has 1 amide bonds. The Kier molecular flexibility index (Phi) is 6.84. The van der Waals surface area contributed by atoms with Crippen LogP contribution >= 0.6 is 0 Å². The van der Waals surface area contributed by atoms with Crippen LogP contribution < -0.4 is 5.32 Å². The molecule has 154 valence electrons. The third kappa shape index (κ3) is 5.59. The van der Waals surface area contributed by atoms with Gasteiger partial charge in [0.2, 0.25) is 0 Å². The molecule has 2 aromatic heterocycles. The lowest BCUT2D eigenvalue weighted by Gasteiger charge is -2.31. The number of rotatable bonds is 4. The van der Waals surface area contributed by atoms with Crippen molar-refractivity contribution in [2.24, 2.45) is 7.05 Å². The Labute approximate surface area is 159 Å². The summed E-state index contributed by atoms with van der Waals surface area (Å²) < 4.78 is 35.7. The van der Waals surface area contributed by atoms with E-state index in [1.165, 1.54) is 5.69 Å². The van der Waals surface area contributed by atoms with Crippen LogP contribution in [0.3, 0.4) is 0 Å². The summed E-state index contributed by atoms with van der Waals surface area (Å²) in [5, 5.41) is 14.5. The fraction of sp³-hybridized carbons (Fsp3) is 0.471. The number of aromatic nitrogens is 3. The van der Waals surface area contributed by atoms with Crippen molar-refractivity contribution in [3.8, 4) is 0 Å². The molecule has 2 aromatic rings. The SMILES string of the molecule is CN1Cc2ccnn2C(CCNC(=O)c2cccn2C)C1.O=C(O)C(F)(F)F. The van der Waals surface area contributed by atoms with Gasteiger partial charge < -0.3 is 15.0 Å². The molecule has 1 unspecified atom stereocenters. The van der Waals surface area contributed by atoms with Crippen LogP contribution in [0.1, 0.15) is 28.6 Å². The fourth-order valence-corrected chi connectivity index (χ4v) is 2.93. The summed E-state index contributed by atoms with van der Waals surface area (Å²) >= 11 is 0. The standard InChI is InChI=1S/C15H21N5O.C2HF3O2/c1-18-10-12(20-13(11-18)6-8-17-20)5-7-16-15(21)14-4-3-9-19(14)2;3-2(4,5)1(6)7/h3-4,6,8-9,12H,5,7,10-11H2,1-2H3,(H,16,21);(H,6,7). The topological polar surface area (TPSA) is 92.4 Å². The maximum atomic E-state index is 12.1. The Bertz CT molecular complexity index is 815. The second-order valence-electron chi connectivity index (χ2n) is 6.47. The molecule has 28 heavy (non-hydrogen) atoms. The predicted molar refractivity (Wildman–Crippen MR) is 93.7 cm³/mol. The molecule has 1 atom stereocenters. The molecule has 1 aliphatic heterocycles. The first-order valence-electron chi connectivity index (χ1n) is 8.50. The fourth-order valence-electron chi connectivity index (χ4n) is 2.93. The van der Waals surface area contributed by atoms with Crippen molar-refractivity contribution >= 4 is 11.9 Å². The maximum Gasteiger partial charge on any atom is 0.490 e. The number of nitrogens with one attached hydrogen (secondary N) is 1. The summed E-state index contributed by atoms with van der Waals surface area (Å²) in [6, 6.07) is 6.09. The van der Waals surface area contributed by atoms with E-state index in [1.54, 1.807) is 0 Å². The number of alkyl halides is 3. The van der Waals surface area contributed by atoms with Gasteiger partial charge in [-0.25, -0.2) is 4.79 Å². The van der Waals surface area contributed by atoms with Gasteiger partial charge in [-0.05, 0) is 31.7 Å². The van der Waals surface area contributed by atoms with E-state index in [2.05, 4.69) is 33.1 Å². The van der Waals surface area contributed by atoms with E-state index in [4.69, 9.17) is 9.90 Å². The van der Waals surface area contributed by atoms with E-state index in [9.17, 15) is 18.0 Å². The first-order valence-corrected chi connectivity index (χ1v) is 8.50. The van der Waals surface area contributed by atoms with Gasteiger partial charge in [0, 0.05) is 39.1 Å². The first-order chi connectivity index (χ1) is 13.1. The Morgan fingerprint density at radius 2 is 2.00 bits per heavy atom. The van der Waals surface area contributed by atoms with Crippen LogP contribution in [-0.2, 0) is 18.4 Å². The number of carbonyl (C=O) groups excluding carboxylic acids is 1. The van der Waals surface area contributed by atoms with Gasteiger partial charge in [-0.1, -0.05) is 0 Å². The molecule has 2 N–H and O–H groups in total. The van der Waals surface area contributed by atoms with Crippen LogP contribution in [0.5, 0.6) is 0 Å². The number of nitrogens with zero attached hydrogens (tertiary/aromatic N) is 4. The third-order valence-corrected chi connectivity index (χ3v) is 4.23. The number of carboxylic acid groups (broad SMARTS) is 1. The zero-order valence-corrected chi connectivity index (χ0v) is 15.5.